The van der Waals surface area contributed by atoms with Crippen molar-refractivity contribution in [3.05, 3.63) is 12.2 Å². The molecule has 2 amide bonds. The second-order valence-corrected chi connectivity index (χ2v) is 6.71. The lowest BCUT2D eigenvalue weighted by atomic mass is 9.75. The lowest BCUT2D eigenvalue weighted by Gasteiger charge is -2.42. The zero-order valence-corrected chi connectivity index (χ0v) is 12.2. The van der Waals surface area contributed by atoms with E-state index in [1.165, 1.54) is 0 Å². The minimum Gasteiger partial charge on any atom is -0.479 e. The number of imide groups is 1. The molecule has 114 valence electrons. The lowest BCUT2D eigenvalue weighted by molar-refractivity contribution is -0.167. The van der Waals surface area contributed by atoms with Crippen molar-refractivity contribution >= 4 is 17.8 Å². The maximum absolute atomic E-state index is 12.7. The minimum absolute atomic E-state index is 0.219. The molecule has 2 fully saturated rings. The monoisotopic (exact) mass is 291 g/mol. The van der Waals surface area contributed by atoms with Crippen LogP contribution in [0.5, 0.6) is 0 Å². The van der Waals surface area contributed by atoms with Gasteiger partial charge in [-0.2, -0.15) is 0 Å². The summed E-state index contributed by atoms with van der Waals surface area (Å²) in [5.41, 5.74) is -1.32. The van der Waals surface area contributed by atoms with Crippen molar-refractivity contribution in [2.45, 2.75) is 51.0 Å². The fourth-order valence-electron chi connectivity index (χ4n) is 4.24. The highest BCUT2D eigenvalue weighted by Crippen LogP contribution is 2.44. The molecular formula is C16H21NO4. The Morgan fingerprint density at radius 3 is 2.29 bits per heavy atom. The van der Waals surface area contributed by atoms with E-state index in [1.807, 2.05) is 19.1 Å². The molecule has 1 saturated carbocycles. The summed E-state index contributed by atoms with van der Waals surface area (Å²) in [4.78, 5) is 38.4. The Bertz CT molecular complexity index is 500. The highest BCUT2D eigenvalue weighted by Gasteiger charge is 2.59. The molecular weight excluding hydrogens is 270 g/mol. The Kier molecular flexibility index (Phi) is 3.38. The molecule has 1 heterocycles. The number of hydrogen-bond acceptors (Lipinski definition) is 3. The van der Waals surface area contributed by atoms with E-state index in [2.05, 4.69) is 0 Å². The van der Waals surface area contributed by atoms with Crippen LogP contribution in [0, 0.1) is 17.8 Å². The van der Waals surface area contributed by atoms with Crippen molar-refractivity contribution in [1.82, 2.24) is 4.90 Å². The van der Waals surface area contributed by atoms with E-state index in [0.29, 0.717) is 25.7 Å². The Labute approximate surface area is 124 Å². The van der Waals surface area contributed by atoms with Crippen LogP contribution in [0.25, 0.3) is 0 Å². The van der Waals surface area contributed by atoms with E-state index in [9.17, 15) is 19.5 Å². The summed E-state index contributed by atoms with van der Waals surface area (Å²) in [5, 5.41) is 9.77. The average Bonchev–Trinajstić information content (AvgIpc) is 2.71. The van der Waals surface area contributed by atoms with E-state index in [4.69, 9.17) is 0 Å². The van der Waals surface area contributed by atoms with Crippen molar-refractivity contribution in [2.24, 2.45) is 17.8 Å². The molecule has 0 spiro atoms. The summed E-state index contributed by atoms with van der Waals surface area (Å²) in [7, 11) is 0. The van der Waals surface area contributed by atoms with Crippen LogP contribution in [0.4, 0.5) is 0 Å². The normalized spacial score (nSPS) is 39.5. The fourth-order valence-corrected chi connectivity index (χ4v) is 4.24. The zero-order valence-electron chi connectivity index (χ0n) is 12.2. The van der Waals surface area contributed by atoms with Gasteiger partial charge in [-0.05, 0) is 31.6 Å². The number of likely N-dealkylation sites (tertiary alicyclic amines) is 1. The summed E-state index contributed by atoms with van der Waals surface area (Å²) >= 11 is 0. The predicted octanol–water partition coefficient (Wildman–Crippen LogP) is 1.97. The van der Waals surface area contributed by atoms with Crippen LogP contribution >= 0.6 is 0 Å². The van der Waals surface area contributed by atoms with Gasteiger partial charge in [-0.3, -0.25) is 14.5 Å². The molecule has 1 saturated heterocycles. The van der Waals surface area contributed by atoms with E-state index < -0.39 is 11.5 Å². The largest absolute Gasteiger partial charge is 0.479 e. The van der Waals surface area contributed by atoms with Gasteiger partial charge in [0.1, 0.15) is 5.54 Å². The Hall–Kier alpha value is -1.65. The number of carbonyl (C=O) groups is 3. The van der Waals surface area contributed by atoms with Gasteiger partial charge in [-0.1, -0.05) is 31.9 Å². The molecule has 0 bridgehead atoms. The van der Waals surface area contributed by atoms with Gasteiger partial charge in [0, 0.05) is 0 Å². The van der Waals surface area contributed by atoms with Gasteiger partial charge < -0.3 is 5.11 Å². The fraction of sp³-hybridized carbons (Fsp3) is 0.688. The smallest absolute Gasteiger partial charge is 0.330 e. The molecule has 4 unspecified atom stereocenters. The van der Waals surface area contributed by atoms with Crippen LogP contribution < -0.4 is 0 Å². The summed E-state index contributed by atoms with van der Waals surface area (Å²) in [6.07, 6.45) is 7.43. The first-order valence-corrected chi connectivity index (χ1v) is 7.73. The van der Waals surface area contributed by atoms with Gasteiger partial charge in [-0.25, -0.2) is 4.79 Å². The zero-order chi connectivity index (χ0) is 15.2. The Morgan fingerprint density at radius 2 is 1.81 bits per heavy atom. The molecule has 21 heavy (non-hydrogen) atoms. The molecule has 3 aliphatic rings. The molecule has 5 nitrogen and oxygen atoms in total. The number of allylic oxidation sites excluding steroid dienone is 2. The van der Waals surface area contributed by atoms with Crippen molar-refractivity contribution in [3.8, 4) is 0 Å². The summed E-state index contributed by atoms with van der Waals surface area (Å²) < 4.78 is 0. The Balaban J connectivity index is 1.99. The Morgan fingerprint density at radius 1 is 1.24 bits per heavy atom. The number of fused-ring (bicyclic) bond motifs is 1. The number of aliphatic carboxylic acids is 1. The number of carboxylic acids is 1. The highest BCUT2D eigenvalue weighted by atomic mass is 16.4. The number of nitrogens with zero attached hydrogens (tertiary/aromatic N) is 1. The van der Waals surface area contributed by atoms with Gasteiger partial charge in [0.25, 0.3) is 0 Å². The van der Waals surface area contributed by atoms with Crippen LogP contribution in [-0.2, 0) is 14.4 Å². The predicted molar refractivity (Wildman–Crippen MR) is 75.2 cm³/mol. The quantitative estimate of drug-likeness (QED) is 0.623. The van der Waals surface area contributed by atoms with E-state index in [1.54, 1.807) is 0 Å². The van der Waals surface area contributed by atoms with Gasteiger partial charge >= 0.3 is 5.97 Å². The molecule has 3 rings (SSSR count). The molecule has 0 aromatic heterocycles. The second-order valence-electron chi connectivity index (χ2n) is 6.71. The van der Waals surface area contributed by atoms with Crippen molar-refractivity contribution in [3.63, 3.8) is 0 Å². The van der Waals surface area contributed by atoms with Crippen molar-refractivity contribution in [2.75, 3.05) is 0 Å². The first-order chi connectivity index (χ1) is 9.97. The van der Waals surface area contributed by atoms with Crippen LogP contribution in [0.2, 0.25) is 0 Å². The molecule has 0 aromatic carbocycles. The van der Waals surface area contributed by atoms with Crippen molar-refractivity contribution in [1.29, 1.82) is 0 Å². The molecule has 0 aromatic rings. The topological polar surface area (TPSA) is 74.7 Å². The summed E-state index contributed by atoms with van der Waals surface area (Å²) in [6, 6.07) is 0. The molecule has 4 atom stereocenters. The van der Waals surface area contributed by atoms with Crippen LogP contribution in [0.15, 0.2) is 12.2 Å². The first-order valence-electron chi connectivity index (χ1n) is 7.73. The minimum atomic E-state index is -1.32. The van der Waals surface area contributed by atoms with E-state index in [0.717, 1.165) is 17.7 Å². The molecule has 5 heteroatoms. The summed E-state index contributed by atoms with van der Waals surface area (Å²) in [5.74, 6) is -2.05. The average molecular weight is 291 g/mol. The second kappa shape index (κ2) is 4.97. The highest BCUT2D eigenvalue weighted by molar-refractivity contribution is 6.09. The van der Waals surface area contributed by atoms with Crippen LogP contribution in [0.3, 0.4) is 0 Å². The van der Waals surface area contributed by atoms with Gasteiger partial charge in [0.05, 0.1) is 11.8 Å². The SMILES string of the molecule is CC1CCCC(C(=O)O)(N2C(=O)C3CC=CCC3C2=O)C1. The van der Waals surface area contributed by atoms with Crippen LogP contribution in [0.1, 0.15) is 45.4 Å². The molecule has 0 radical (unpaired) electrons. The maximum atomic E-state index is 12.7. The van der Waals surface area contributed by atoms with Gasteiger partial charge in [-0.15, -0.1) is 0 Å². The van der Waals surface area contributed by atoms with E-state index >= 15 is 0 Å². The maximum Gasteiger partial charge on any atom is 0.330 e. The van der Waals surface area contributed by atoms with E-state index in [-0.39, 0.29) is 29.6 Å². The number of carboxylic acid groups (broad SMARTS) is 1. The van der Waals surface area contributed by atoms with Crippen molar-refractivity contribution < 1.29 is 19.5 Å². The van der Waals surface area contributed by atoms with Crippen LogP contribution in [-0.4, -0.2) is 33.3 Å². The number of rotatable bonds is 2. The standard InChI is InChI=1S/C16H21NO4/c1-10-5-4-8-16(9-10,15(20)21)17-13(18)11-6-2-3-7-12(11)14(17)19/h2-3,10-12H,4-9H2,1H3,(H,20,21). The van der Waals surface area contributed by atoms with Gasteiger partial charge in [0.15, 0.2) is 0 Å². The molecule has 1 aliphatic heterocycles. The third-order valence-corrected chi connectivity index (χ3v) is 5.31. The third-order valence-electron chi connectivity index (χ3n) is 5.31. The number of amides is 2. The molecule has 1 N–H and O–H groups in total. The molecule has 2 aliphatic carbocycles. The first kappa shape index (κ1) is 14.3. The third kappa shape index (κ3) is 2.01. The van der Waals surface area contributed by atoms with Gasteiger partial charge in [0.2, 0.25) is 11.8 Å². The summed E-state index contributed by atoms with van der Waals surface area (Å²) in [6.45, 7) is 2.00. The number of hydrogen-bond donors (Lipinski definition) is 1. The lowest BCUT2D eigenvalue weighted by Crippen LogP contribution is -2.59. The number of carbonyl (C=O) groups excluding carboxylic acids is 2.